The van der Waals surface area contributed by atoms with Crippen LogP contribution in [0, 0.1) is 0 Å². The number of carbonyl (C=O) groups excluding carboxylic acids is 2. The highest BCUT2D eigenvalue weighted by atomic mass is 32.1. The number of hydrogen-bond acceptors (Lipinski definition) is 7. The van der Waals surface area contributed by atoms with Crippen molar-refractivity contribution in [3.8, 4) is 0 Å². The number of β-lactam (4-membered cyclic amide) rings is 1. The number of thiazole rings is 1. The van der Waals surface area contributed by atoms with Crippen molar-refractivity contribution in [2.24, 2.45) is 5.16 Å². The topological polar surface area (TPSA) is 105 Å². The minimum Gasteiger partial charge on any atom is -0.398 e. The van der Waals surface area contributed by atoms with Crippen molar-refractivity contribution in [3.63, 3.8) is 0 Å². The van der Waals surface area contributed by atoms with E-state index < -0.39 is 36.1 Å². The molecule has 8 nitrogen and oxygen atoms in total. The molecule has 2 heterocycles. The van der Waals surface area contributed by atoms with Crippen LogP contribution in [0.25, 0.3) is 0 Å². The van der Waals surface area contributed by atoms with Crippen molar-refractivity contribution in [2.75, 3.05) is 19.1 Å². The van der Waals surface area contributed by atoms with E-state index in [0.29, 0.717) is 5.13 Å². The van der Waals surface area contributed by atoms with E-state index in [9.17, 15) is 14.0 Å². The van der Waals surface area contributed by atoms with Crippen LogP contribution in [0.15, 0.2) is 102 Å². The second kappa shape index (κ2) is 11.4. The van der Waals surface area contributed by atoms with Crippen LogP contribution >= 0.6 is 11.3 Å². The molecule has 1 fully saturated rings. The first-order valence-electron chi connectivity index (χ1n) is 12.3. The van der Waals surface area contributed by atoms with Gasteiger partial charge in [0.1, 0.15) is 31.1 Å². The normalized spacial score (nSPS) is 17.1. The number of amides is 2. The Morgan fingerprint density at radius 2 is 1.54 bits per heavy atom. The maximum Gasteiger partial charge on any atom is 0.276 e. The molecule has 3 N–H and O–H groups in total. The Labute approximate surface area is 228 Å². The van der Waals surface area contributed by atoms with Gasteiger partial charge in [-0.2, -0.15) is 0 Å². The molecular weight excluding hydrogens is 517 g/mol. The minimum atomic E-state index is -0.984. The number of carbonyl (C=O) groups is 2. The molecule has 4 aromatic rings. The molecule has 1 aromatic heterocycles. The zero-order valence-electron chi connectivity index (χ0n) is 21.0. The molecule has 0 bridgehead atoms. The van der Waals surface area contributed by atoms with E-state index in [-0.39, 0.29) is 11.4 Å². The highest BCUT2D eigenvalue weighted by molar-refractivity contribution is 7.14. The standard InChI is InChI=1S/C29H26FN5O3S/c1-38-35-25(27(37)33-24-22(17-30)31-26(24)36)23-18-39-28(32-23)34-29(19-11-5-2-6-12-19,20-13-7-3-8-14-20)21-15-9-4-10-16-21/h2-16,18,22,24H,17H2,1H3,(H,31,36)(H,32,34)(H,33,37)/b35-25-. The number of nitrogens with zero attached hydrogens (tertiary/aromatic N) is 2. The van der Waals surface area contributed by atoms with Gasteiger partial charge in [0, 0.05) is 5.38 Å². The first kappa shape index (κ1) is 26.1. The van der Waals surface area contributed by atoms with Crippen molar-refractivity contribution in [1.82, 2.24) is 15.6 Å². The number of benzene rings is 3. The quantitative estimate of drug-likeness (QED) is 0.122. The third-order valence-corrected chi connectivity index (χ3v) is 7.28. The Bertz CT molecular complexity index is 1370. The third kappa shape index (κ3) is 5.10. The van der Waals surface area contributed by atoms with Crippen LogP contribution < -0.4 is 16.0 Å². The molecule has 3 aromatic carbocycles. The summed E-state index contributed by atoms with van der Waals surface area (Å²) in [6.07, 6.45) is 0. The van der Waals surface area contributed by atoms with E-state index in [0.717, 1.165) is 16.7 Å². The molecule has 1 aliphatic rings. The van der Waals surface area contributed by atoms with E-state index in [4.69, 9.17) is 4.84 Å². The van der Waals surface area contributed by atoms with Gasteiger partial charge in [0.15, 0.2) is 10.8 Å². The van der Waals surface area contributed by atoms with Crippen LogP contribution in [0.3, 0.4) is 0 Å². The molecule has 1 aliphatic heterocycles. The maximum atomic E-state index is 13.1. The molecule has 2 atom stereocenters. The van der Waals surface area contributed by atoms with Gasteiger partial charge in [0.25, 0.3) is 5.91 Å². The summed E-state index contributed by atoms with van der Waals surface area (Å²) in [6.45, 7) is -0.793. The number of oxime groups is 1. The Balaban J connectivity index is 1.53. The number of anilines is 1. The molecule has 198 valence electrons. The molecule has 5 rings (SSSR count). The van der Waals surface area contributed by atoms with Crippen LogP contribution in [0.5, 0.6) is 0 Å². The summed E-state index contributed by atoms with van der Waals surface area (Å²) >= 11 is 1.30. The largest absolute Gasteiger partial charge is 0.398 e. The summed E-state index contributed by atoms with van der Waals surface area (Å²) in [5.74, 6) is -1.14. The van der Waals surface area contributed by atoms with Gasteiger partial charge in [-0.3, -0.25) is 9.59 Å². The molecule has 2 unspecified atom stereocenters. The summed E-state index contributed by atoms with van der Waals surface area (Å²) in [5, 5.41) is 14.7. The average molecular weight is 544 g/mol. The average Bonchev–Trinajstić information content (AvgIpc) is 3.45. The van der Waals surface area contributed by atoms with Gasteiger partial charge in [-0.1, -0.05) is 96.2 Å². The first-order chi connectivity index (χ1) is 19.1. The lowest BCUT2D eigenvalue weighted by molar-refractivity contribution is -0.135. The van der Waals surface area contributed by atoms with Crippen molar-refractivity contribution in [3.05, 3.63) is 119 Å². The van der Waals surface area contributed by atoms with Crippen LogP contribution in [-0.4, -0.2) is 48.4 Å². The monoisotopic (exact) mass is 543 g/mol. The van der Waals surface area contributed by atoms with E-state index in [1.165, 1.54) is 18.4 Å². The summed E-state index contributed by atoms with van der Waals surface area (Å²) in [7, 11) is 1.31. The first-order valence-corrected chi connectivity index (χ1v) is 13.1. The van der Waals surface area contributed by atoms with Crippen LogP contribution in [0.1, 0.15) is 22.4 Å². The molecule has 0 spiro atoms. The maximum absolute atomic E-state index is 13.1. The van der Waals surface area contributed by atoms with Crippen LogP contribution in [0.4, 0.5) is 9.52 Å². The van der Waals surface area contributed by atoms with Gasteiger partial charge >= 0.3 is 0 Å². The molecular formula is C29H26FN5O3S. The van der Waals surface area contributed by atoms with Gasteiger partial charge in [0.2, 0.25) is 5.91 Å². The Hall–Kier alpha value is -4.57. The lowest BCUT2D eigenvalue weighted by Crippen LogP contribution is -2.70. The number of alkyl halides is 1. The van der Waals surface area contributed by atoms with Gasteiger partial charge < -0.3 is 20.8 Å². The van der Waals surface area contributed by atoms with Crippen molar-refractivity contribution >= 4 is 34.0 Å². The number of rotatable bonds is 10. The fraction of sp³-hybridized carbons (Fsp3) is 0.172. The molecule has 0 radical (unpaired) electrons. The highest BCUT2D eigenvalue weighted by Gasteiger charge is 2.41. The predicted octanol–water partition coefficient (Wildman–Crippen LogP) is 3.85. The summed E-state index contributed by atoms with van der Waals surface area (Å²) in [4.78, 5) is 34.4. The Kier molecular flexibility index (Phi) is 7.64. The summed E-state index contributed by atoms with van der Waals surface area (Å²) < 4.78 is 13.1. The van der Waals surface area contributed by atoms with Gasteiger partial charge in [-0.15, -0.1) is 11.3 Å². The molecule has 2 amide bonds. The van der Waals surface area contributed by atoms with Crippen LogP contribution in [-0.2, 0) is 20.0 Å². The lowest BCUT2D eigenvalue weighted by atomic mass is 9.77. The second-order valence-electron chi connectivity index (χ2n) is 8.85. The van der Waals surface area contributed by atoms with Gasteiger partial charge in [-0.05, 0) is 16.7 Å². The smallest absolute Gasteiger partial charge is 0.276 e. The Morgan fingerprint density at radius 1 is 1.00 bits per heavy atom. The molecule has 10 heteroatoms. The zero-order valence-corrected chi connectivity index (χ0v) is 21.8. The predicted molar refractivity (Wildman–Crippen MR) is 148 cm³/mol. The highest BCUT2D eigenvalue weighted by Crippen LogP contribution is 2.40. The van der Waals surface area contributed by atoms with Gasteiger partial charge in [0.05, 0.1) is 6.04 Å². The molecule has 0 saturated carbocycles. The van der Waals surface area contributed by atoms with E-state index in [1.54, 1.807) is 5.38 Å². The molecule has 0 aliphatic carbocycles. The second-order valence-corrected chi connectivity index (χ2v) is 9.71. The fourth-order valence-electron chi connectivity index (χ4n) is 4.62. The number of hydrogen-bond donors (Lipinski definition) is 3. The number of halogens is 1. The van der Waals surface area contributed by atoms with Crippen molar-refractivity contribution in [1.29, 1.82) is 0 Å². The van der Waals surface area contributed by atoms with E-state index in [2.05, 4.69) is 62.5 Å². The van der Waals surface area contributed by atoms with Crippen molar-refractivity contribution in [2.45, 2.75) is 17.6 Å². The van der Waals surface area contributed by atoms with Gasteiger partial charge in [-0.25, -0.2) is 9.37 Å². The van der Waals surface area contributed by atoms with E-state index in [1.807, 2.05) is 54.6 Å². The number of aromatic nitrogens is 1. The summed E-state index contributed by atoms with van der Waals surface area (Å²) in [5.41, 5.74) is 2.31. The van der Waals surface area contributed by atoms with E-state index >= 15 is 0 Å². The fourth-order valence-corrected chi connectivity index (χ4v) is 5.37. The minimum absolute atomic E-state index is 0.121. The van der Waals surface area contributed by atoms with Crippen molar-refractivity contribution < 1.29 is 18.8 Å². The van der Waals surface area contributed by atoms with Crippen LogP contribution in [0.2, 0.25) is 0 Å². The number of nitrogens with one attached hydrogen (secondary N) is 3. The Morgan fingerprint density at radius 3 is 2.00 bits per heavy atom. The SMILES string of the molecule is CO/N=C(\C(=O)NC1C(=O)NC1CF)c1csc(NC(c2ccccc2)(c2ccccc2)c2ccccc2)n1. The lowest BCUT2D eigenvalue weighted by Gasteiger charge is -2.36. The summed E-state index contributed by atoms with van der Waals surface area (Å²) in [6, 6.07) is 28.4. The molecule has 39 heavy (non-hydrogen) atoms. The third-order valence-electron chi connectivity index (χ3n) is 6.52. The zero-order chi connectivity index (χ0) is 27.2. The molecule has 1 saturated heterocycles.